The average Bonchev–Trinajstić information content (AvgIpc) is 3.32. The summed E-state index contributed by atoms with van der Waals surface area (Å²) in [5, 5.41) is 13.8. The molecule has 152 valence electrons. The predicted octanol–water partition coefficient (Wildman–Crippen LogP) is 4.45. The van der Waals surface area contributed by atoms with Crippen molar-refractivity contribution in [3.63, 3.8) is 0 Å². The molecule has 0 unspecified atom stereocenters. The highest BCUT2D eigenvalue weighted by Crippen LogP contribution is 2.27. The van der Waals surface area contributed by atoms with E-state index in [1.165, 1.54) is 30.3 Å². The summed E-state index contributed by atoms with van der Waals surface area (Å²) in [7, 11) is 1.60. The molecule has 0 atom stereocenters. The van der Waals surface area contributed by atoms with Crippen molar-refractivity contribution in [1.82, 2.24) is 4.98 Å². The fourth-order valence-corrected chi connectivity index (χ4v) is 4.27. The maximum absolute atomic E-state index is 12.4. The minimum atomic E-state index is -0.134. The molecule has 1 saturated heterocycles. The van der Waals surface area contributed by atoms with Gasteiger partial charge in [-0.3, -0.25) is 4.79 Å². The first-order valence-electron chi connectivity index (χ1n) is 9.83. The van der Waals surface area contributed by atoms with E-state index >= 15 is 0 Å². The van der Waals surface area contributed by atoms with Crippen LogP contribution < -0.4 is 15.0 Å². The Labute approximate surface area is 179 Å². The zero-order chi connectivity index (χ0) is 20.9. The number of thioether (sulfide) groups is 1. The number of carbonyl (C=O) groups excluding carboxylic acids is 1. The lowest BCUT2D eigenvalue weighted by Crippen LogP contribution is -2.18. The molecule has 1 aromatic heterocycles. The number of anilines is 2. The number of hydrogen-bond acceptors (Lipinski definition) is 6. The van der Waals surface area contributed by atoms with Gasteiger partial charge in [-0.1, -0.05) is 11.8 Å². The second-order valence-electron chi connectivity index (χ2n) is 7.09. The van der Waals surface area contributed by atoms with Gasteiger partial charge in [-0.15, -0.1) is 0 Å². The van der Waals surface area contributed by atoms with Crippen LogP contribution in [0.2, 0.25) is 0 Å². The van der Waals surface area contributed by atoms with Gasteiger partial charge in [-0.05, 0) is 55.3 Å². The molecule has 6 nitrogen and oxygen atoms in total. The maximum Gasteiger partial charge on any atom is 0.234 e. The molecule has 1 amide bonds. The molecule has 2 heterocycles. The van der Waals surface area contributed by atoms with Crippen LogP contribution in [0.3, 0.4) is 0 Å². The van der Waals surface area contributed by atoms with Crippen LogP contribution >= 0.6 is 11.8 Å². The number of ether oxygens (including phenoxy) is 1. The van der Waals surface area contributed by atoms with Gasteiger partial charge in [0.2, 0.25) is 5.91 Å². The molecule has 7 heteroatoms. The van der Waals surface area contributed by atoms with Gasteiger partial charge in [0, 0.05) is 35.9 Å². The van der Waals surface area contributed by atoms with E-state index in [9.17, 15) is 10.1 Å². The SMILES string of the molecule is COc1ccc2cc(C#N)c(SCC(=O)Nc3ccc(N4CCCC4)cc3)nc2c1. The summed E-state index contributed by atoms with van der Waals surface area (Å²) in [5.74, 6) is 0.738. The average molecular weight is 419 g/mol. The fraction of sp³-hybridized carbons (Fsp3) is 0.261. The molecule has 0 bridgehead atoms. The van der Waals surface area contributed by atoms with Gasteiger partial charge >= 0.3 is 0 Å². The van der Waals surface area contributed by atoms with Gasteiger partial charge in [0.1, 0.15) is 16.8 Å². The highest BCUT2D eigenvalue weighted by Gasteiger charge is 2.13. The Balaban J connectivity index is 1.41. The Bertz CT molecular complexity index is 1100. The first-order valence-corrected chi connectivity index (χ1v) is 10.8. The number of benzene rings is 2. The number of methoxy groups -OCH3 is 1. The maximum atomic E-state index is 12.4. The Kier molecular flexibility index (Phi) is 6.05. The van der Waals surface area contributed by atoms with E-state index in [0.29, 0.717) is 16.3 Å². The topological polar surface area (TPSA) is 78.2 Å². The van der Waals surface area contributed by atoms with Crippen LogP contribution in [0, 0.1) is 11.3 Å². The van der Waals surface area contributed by atoms with Crippen LogP contribution in [-0.2, 0) is 4.79 Å². The van der Waals surface area contributed by atoms with Crippen molar-refractivity contribution in [2.24, 2.45) is 0 Å². The third-order valence-corrected chi connectivity index (χ3v) is 6.06. The summed E-state index contributed by atoms with van der Waals surface area (Å²) in [6, 6.07) is 17.4. The molecular weight excluding hydrogens is 396 g/mol. The number of amides is 1. The zero-order valence-electron chi connectivity index (χ0n) is 16.7. The lowest BCUT2D eigenvalue weighted by atomic mass is 10.1. The van der Waals surface area contributed by atoms with E-state index in [1.54, 1.807) is 13.2 Å². The van der Waals surface area contributed by atoms with Gasteiger partial charge in [-0.2, -0.15) is 5.26 Å². The van der Waals surface area contributed by atoms with Crippen LogP contribution in [0.4, 0.5) is 11.4 Å². The van der Waals surface area contributed by atoms with Crippen molar-refractivity contribution in [1.29, 1.82) is 5.26 Å². The molecule has 2 aromatic carbocycles. The number of fused-ring (bicyclic) bond motifs is 1. The third-order valence-electron chi connectivity index (χ3n) is 5.07. The molecule has 0 saturated carbocycles. The van der Waals surface area contributed by atoms with E-state index in [-0.39, 0.29) is 11.7 Å². The summed E-state index contributed by atoms with van der Waals surface area (Å²) < 4.78 is 5.25. The van der Waals surface area contributed by atoms with Crippen molar-refractivity contribution >= 4 is 39.9 Å². The van der Waals surface area contributed by atoms with Gasteiger partial charge in [0.25, 0.3) is 0 Å². The van der Waals surface area contributed by atoms with Crippen LogP contribution in [0.5, 0.6) is 5.75 Å². The second kappa shape index (κ2) is 9.06. The lowest BCUT2D eigenvalue weighted by molar-refractivity contribution is -0.113. The number of aromatic nitrogens is 1. The Morgan fingerprint density at radius 3 is 2.67 bits per heavy atom. The smallest absolute Gasteiger partial charge is 0.234 e. The molecule has 1 fully saturated rings. The standard InChI is InChI=1S/C23H22N4O2S/c1-29-20-9-4-16-12-17(14-24)23(26-21(16)13-20)30-15-22(28)25-18-5-7-19(8-6-18)27-10-2-3-11-27/h4-9,12-13H,2-3,10-11,15H2,1H3,(H,25,28). The molecule has 4 rings (SSSR count). The molecule has 0 radical (unpaired) electrons. The fourth-order valence-electron chi connectivity index (χ4n) is 3.51. The van der Waals surface area contributed by atoms with Crippen molar-refractivity contribution in [2.45, 2.75) is 17.9 Å². The highest BCUT2D eigenvalue weighted by molar-refractivity contribution is 8.00. The van der Waals surface area contributed by atoms with Crippen molar-refractivity contribution in [2.75, 3.05) is 36.2 Å². The van der Waals surface area contributed by atoms with E-state index in [1.807, 2.05) is 42.5 Å². The van der Waals surface area contributed by atoms with Gasteiger partial charge in [0.15, 0.2) is 0 Å². The third kappa shape index (κ3) is 4.50. The molecular formula is C23H22N4O2S. The minimum Gasteiger partial charge on any atom is -0.497 e. The first kappa shape index (κ1) is 20.0. The Hall–Kier alpha value is -3.24. The van der Waals surface area contributed by atoms with E-state index in [2.05, 4.69) is 21.3 Å². The van der Waals surface area contributed by atoms with E-state index in [0.717, 1.165) is 29.7 Å². The normalized spacial score (nSPS) is 13.3. The quantitative estimate of drug-likeness (QED) is 0.596. The number of carbonyl (C=O) groups is 1. The summed E-state index contributed by atoms with van der Waals surface area (Å²) in [6.45, 7) is 2.18. The monoisotopic (exact) mass is 418 g/mol. The zero-order valence-corrected chi connectivity index (χ0v) is 17.5. The highest BCUT2D eigenvalue weighted by atomic mass is 32.2. The molecule has 1 N–H and O–H groups in total. The van der Waals surface area contributed by atoms with Gasteiger partial charge in [-0.25, -0.2) is 4.98 Å². The summed E-state index contributed by atoms with van der Waals surface area (Å²) in [4.78, 5) is 19.3. The lowest BCUT2D eigenvalue weighted by Gasteiger charge is -2.17. The van der Waals surface area contributed by atoms with Crippen LogP contribution in [0.15, 0.2) is 53.6 Å². The molecule has 30 heavy (non-hydrogen) atoms. The Morgan fingerprint density at radius 2 is 1.97 bits per heavy atom. The number of hydrogen-bond donors (Lipinski definition) is 1. The predicted molar refractivity (Wildman–Crippen MR) is 120 cm³/mol. The molecule has 1 aliphatic rings. The van der Waals surface area contributed by atoms with Crippen molar-refractivity contribution < 1.29 is 9.53 Å². The number of rotatable bonds is 6. The van der Waals surface area contributed by atoms with Crippen LogP contribution in [0.25, 0.3) is 10.9 Å². The molecule has 0 aliphatic carbocycles. The van der Waals surface area contributed by atoms with Crippen LogP contribution in [0.1, 0.15) is 18.4 Å². The summed E-state index contributed by atoms with van der Waals surface area (Å²) in [5.41, 5.74) is 3.14. The Morgan fingerprint density at radius 1 is 1.20 bits per heavy atom. The summed E-state index contributed by atoms with van der Waals surface area (Å²) in [6.07, 6.45) is 2.46. The number of nitrogens with zero attached hydrogens (tertiary/aromatic N) is 3. The van der Waals surface area contributed by atoms with Crippen molar-refractivity contribution in [3.8, 4) is 11.8 Å². The van der Waals surface area contributed by atoms with Crippen LogP contribution in [-0.4, -0.2) is 36.8 Å². The van der Waals surface area contributed by atoms with Crippen molar-refractivity contribution in [3.05, 3.63) is 54.1 Å². The first-order chi connectivity index (χ1) is 14.7. The molecule has 0 spiro atoms. The number of nitrogens with one attached hydrogen (secondary N) is 1. The largest absolute Gasteiger partial charge is 0.497 e. The van der Waals surface area contributed by atoms with Gasteiger partial charge < -0.3 is 15.0 Å². The van der Waals surface area contributed by atoms with Gasteiger partial charge in [0.05, 0.1) is 23.9 Å². The second-order valence-corrected chi connectivity index (χ2v) is 8.05. The number of nitriles is 1. The minimum absolute atomic E-state index is 0.134. The molecule has 3 aromatic rings. The van der Waals surface area contributed by atoms with E-state index in [4.69, 9.17) is 4.74 Å². The molecule has 1 aliphatic heterocycles. The summed E-state index contributed by atoms with van der Waals surface area (Å²) >= 11 is 1.26. The number of pyridine rings is 1. The van der Waals surface area contributed by atoms with E-state index < -0.39 is 0 Å².